The summed E-state index contributed by atoms with van der Waals surface area (Å²) in [7, 11) is 0.692. The normalized spacial score (nSPS) is 16.5. The molecule has 0 saturated heterocycles. The van der Waals surface area contributed by atoms with Gasteiger partial charge in [0.05, 0.1) is 37.6 Å². The average Bonchev–Trinajstić information content (AvgIpc) is 3.59. The summed E-state index contributed by atoms with van der Waals surface area (Å²) in [5.41, 5.74) is 0.598. The molecule has 1 fully saturated rings. The number of methoxy groups -OCH3 is 1. The maximum absolute atomic E-state index is 15.3. The minimum absolute atomic E-state index is 0.0592. The number of amides is 2. The average molecular weight is 635 g/mol. The van der Waals surface area contributed by atoms with E-state index in [2.05, 4.69) is 15.6 Å². The van der Waals surface area contributed by atoms with Crippen LogP contribution in [0.3, 0.4) is 0 Å². The van der Waals surface area contributed by atoms with Crippen LogP contribution in [0.2, 0.25) is 13.1 Å². The molecule has 0 unspecified atom stereocenters. The number of nitrogens with one attached hydrogen (secondary N) is 2. The number of nitrogens with zero attached hydrogens (tertiary/aromatic N) is 1. The van der Waals surface area contributed by atoms with Crippen LogP contribution < -0.4 is 24.8 Å². The lowest BCUT2D eigenvalue weighted by Crippen LogP contribution is -2.20. The third-order valence-corrected chi connectivity index (χ3v) is 8.42. The van der Waals surface area contributed by atoms with Gasteiger partial charge in [0, 0.05) is 35.1 Å². The third-order valence-electron chi connectivity index (χ3n) is 7.64. The van der Waals surface area contributed by atoms with Crippen LogP contribution in [0.25, 0.3) is 10.9 Å². The molecule has 1 saturated carbocycles. The summed E-state index contributed by atoms with van der Waals surface area (Å²) in [5, 5.41) is 6.03. The molecule has 2 atom stereocenters. The van der Waals surface area contributed by atoms with Gasteiger partial charge in [0.25, 0.3) is 0 Å². The predicted octanol–water partition coefficient (Wildman–Crippen LogP) is 6.81. The van der Waals surface area contributed by atoms with E-state index in [1.54, 1.807) is 24.4 Å². The third kappa shape index (κ3) is 7.23. The molecular formula is C33H34F2N3O6Si+. The summed E-state index contributed by atoms with van der Waals surface area (Å²) in [6.07, 6.45) is 1.55. The minimum Gasteiger partial charge on any atom is -0.493 e. The molecule has 3 aromatic carbocycles. The predicted molar refractivity (Wildman–Crippen MR) is 168 cm³/mol. The number of ether oxygens (including phenoxy) is 3. The highest BCUT2D eigenvalue weighted by Crippen LogP contribution is 2.59. The monoisotopic (exact) mass is 634 g/mol. The number of aromatic nitrogens is 1. The van der Waals surface area contributed by atoms with E-state index in [1.165, 1.54) is 43.5 Å². The number of pyridine rings is 1. The Bertz CT molecular complexity index is 1720. The van der Waals surface area contributed by atoms with Crippen molar-refractivity contribution in [2.45, 2.75) is 26.9 Å². The first-order chi connectivity index (χ1) is 21.5. The summed E-state index contributed by atoms with van der Waals surface area (Å²) in [6.45, 7) is 8.48. The number of hydrogen-bond acceptors (Lipinski definition) is 7. The summed E-state index contributed by atoms with van der Waals surface area (Å²) in [6, 6.07) is 14.6. The lowest BCUT2D eigenvalue weighted by molar-refractivity contribution is -0.122. The smallest absolute Gasteiger partial charge is 0.466 e. The van der Waals surface area contributed by atoms with E-state index in [9.17, 15) is 14.0 Å². The summed E-state index contributed by atoms with van der Waals surface area (Å²) in [4.78, 5) is 30.4. The summed E-state index contributed by atoms with van der Waals surface area (Å²) >= 11 is 0. The van der Waals surface area contributed by atoms with Crippen LogP contribution in [0.1, 0.15) is 13.8 Å². The van der Waals surface area contributed by atoms with Crippen molar-refractivity contribution in [3.8, 4) is 23.0 Å². The van der Waals surface area contributed by atoms with Crippen molar-refractivity contribution in [1.29, 1.82) is 0 Å². The number of halogens is 2. The van der Waals surface area contributed by atoms with E-state index >= 15 is 4.39 Å². The number of carbonyl (C=O) groups excluding carboxylic acids is 2. The van der Waals surface area contributed by atoms with Crippen molar-refractivity contribution < 1.29 is 37.0 Å². The molecule has 4 aromatic rings. The zero-order chi connectivity index (χ0) is 32.3. The lowest BCUT2D eigenvalue weighted by atomic mass is 10.1. The molecule has 0 bridgehead atoms. The van der Waals surface area contributed by atoms with Gasteiger partial charge in [-0.05, 0) is 53.9 Å². The van der Waals surface area contributed by atoms with E-state index in [1.807, 2.05) is 26.9 Å². The van der Waals surface area contributed by atoms with Gasteiger partial charge in [0.2, 0.25) is 11.8 Å². The number of rotatable bonds is 12. The van der Waals surface area contributed by atoms with Crippen molar-refractivity contribution in [3.05, 3.63) is 78.5 Å². The standard InChI is InChI=1S/C33H33F2N3O6Si/c1-33(2)29(31(39)37-20-8-6-19(34)7-9-20)30(33)32(40)38-21-10-11-26(23(35)16-21)44-25-12-13-36-24-18-27(41-3)28(17-22(24)25)42-14-15-43-45(4)5/h6-13,16-18,29-30H,14-15H2,1-5H3,(H-,37,38,39,40)/p+1/t29-,30+/m0/s1. The number of fused-ring (bicyclic) bond motifs is 1. The van der Waals surface area contributed by atoms with E-state index < -0.39 is 43.8 Å². The first-order valence-electron chi connectivity index (χ1n) is 14.3. The van der Waals surface area contributed by atoms with Gasteiger partial charge >= 0.3 is 9.04 Å². The Balaban J connectivity index is 1.27. The molecule has 2 amide bonds. The van der Waals surface area contributed by atoms with Crippen molar-refractivity contribution in [2.24, 2.45) is 17.3 Å². The lowest BCUT2D eigenvalue weighted by Gasteiger charge is -2.14. The quantitative estimate of drug-likeness (QED) is 0.130. The summed E-state index contributed by atoms with van der Waals surface area (Å²) < 4.78 is 51.4. The molecule has 2 N–H and O–H groups in total. The van der Waals surface area contributed by atoms with Crippen LogP contribution in [0.4, 0.5) is 20.2 Å². The zero-order valence-corrected chi connectivity index (χ0v) is 26.6. The van der Waals surface area contributed by atoms with Crippen LogP contribution in [0.5, 0.6) is 23.0 Å². The van der Waals surface area contributed by atoms with Crippen molar-refractivity contribution >= 4 is 43.1 Å². The zero-order valence-electron chi connectivity index (χ0n) is 25.6. The Morgan fingerprint density at radius 3 is 2.16 bits per heavy atom. The second-order valence-electron chi connectivity index (χ2n) is 11.4. The highest BCUT2D eigenvalue weighted by Gasteiger charge is 2.65. The Hall–Kier alpha value is -4.55. The Morgan fingerprint density at radius 1 is 0.844 bits per heavy atom. The number of hydrogen-bond donors (Lipinski definition) is 2. The first-order valence-corrected chi connectivity index (χ1v) is 16.8. The molecule has 1 aromatic heterocycles. The fourth-order valence-electron chi connectivity index (χ4n) is 5.26. The van der Waals surface area contributed by atoms with Crippen molar-refractivity contribution in [1.82, 2.24) is 4.98 Å². The van der Waals surface area contributed by atoms with Gasteiger partial charge in [-0.1, -0.05) is 13.8 Å². The van der Waals surface area contributed by atoms with E-state index in [0.717, 1.165) is 6.07 Å². The van der Waals surface area contributed by atoms with Crippen LogP contribution in [0.15, 0.2) is 66.9 Å². The number of carbonyl (C=O) groups is 2. The topological polar surface area (TPSA) is 108 Å². The SMILES string of the molecule is COc1cc2nccc(Oc3ccc(NC(=O)[C@H]4[C@@H](C(=O)Nc5ccc(F)cc5)C4(C)C)cc3F)c2cc1OCCO[Si+](C)C. The van der Waals surface area contributed by atoms with E-state index in [-0.39, 0.29) is 17.3 Å². The molecule has 1 aliphatic carbocycles. The summed E-state index contributed by atoms with van der Waals surface area (Å²) in [5.74, 6) is -1.85. The molecule has 45 heavy (non-hydrogen) atoms. The minimum atomic E-state index is -0.843. The van der Waals surface area contributed by atoms with Crippen LogP contribution >= 0.6 is 0 Å². The fraction of sp³-hybridized carbons (Fsp3) is 0.303. The molecule has 1 aliphatic rings. The fourth-order valence-corrected chi connectivity index (χ4v) is 5.75. The first kappa shape index (κ1) is 31.9. The van der Waals surface area contributed by atoms with Crippen LogP contribution in [-0.2, 0) is 14.0 Å². The number of anilines is 2. The van der Waals surface area contributed by atoms with Gasteiger partial charge in [0.15, 0.2) is 23.1 Å². The van der Waals surface area contributed by atoms with E-state index in [0.29, 0.717) is 47.1 Å². The van der Waals surface area contributed by atoms with Gasteiger partial charge in [0.1, 0.15) is 24.8 Å². The second-order valence-corrected chi connectivity index (χ2v) is 13.5. The van der Waals surface area contributed by atoms with Gasteiger partial charge in [-0.2, -0.15) is 0 Å². The molecule has 0 aliphatic heterocycles. The molecule has 1 heterocycles. The molecule has 0 radical (unpaired) electrons. The van der Waals surface area contributed by atoms with Gasteiger partial charge in [-0.25, -0.2) is 13.2 Å². The van der Waals surface area contributed by atoms with Crippen molar-refractivity contribution in [3.63, 3.8) is 0 Å². The molecule has 5 rings (SSSR count). The maximum Gasteiger partial charge on any atom is 0.466 e. The molecule has 12 heteroatoms. The van der Waals surface area contributed by atoms with Gasteiger partial charge in [-0.15, -0.1) is 0 Å². The second kappa shape index (κ2) is 13.2. The Morgan fingerprint density at radius 2 is 1.51 bits per heavy atom. The van der Waals surface area contributed by atoms with Crippen LogP contribution in [-0.4, -0.2) is 46.2 Å². The van der Waals surface area contributed by atoms with Crippen LogP contribution in [0, 0.1) is 28.9 Å². The maximum atomic E-state index is 15.3. The number of benzene rings is 3. The Labute approximate surface area is 261 Å². The highest BCUT2D eigenvalue weighted by atomic mass is 28.3. The molecule has 234 valence electrons. The molecule has 0 spiro atoms. The molecule has 9 nitrogen and oxygen atoms in total. The van der Waals surface area contributed by atoms with Gasteiger partial charge in [-0.3, -0.25) is 14.6 Å². The Kier molecular flexibility index (Phi) is 9.35. The highest BCUT2D eigenvalue weighted by molar-refractivity contribution is 6.48. The molecular weight excluding hydrogens is 600 g/mol. The van der Waals surface area contributed by atoms with Crippen molar-refractivity contribution in [2.75, 3.05) is 31.0 Å². The van der Waals surface area contributed by atoms with Gasteiger partial charge < -0.3 is 24.8 Å². The largest absolute Gasteiger partial charge is 0.493 e. The van der Waals surface area contributed by atoms with E-state index in [4.69, 9.17) is 18.6 Å².